The van der Waals surface area contributed by atoms with E-state index < -0.39 is 0 Å². The van der Waals surface area contributed by atoms with E-state index in [4.69, 9.17) is 10.9 Å². The number of nitrogens with two attached hydrogens (primary N) is 1. The molecule has 19 heavy (non-hydrogen) atoms. The van der Waals surface area contributed by atoms with Crippen molar-refractivity contribution in [3.63, 3.8) is 0 Å². The fourth-order valence-corrected chi connectivity index (χ4v) is 2.04. The van der Waals surface area contributed by atoms with Crippen molar-refractivity contribution in [2.45, 2.75) is 26.7 Å². The molecule has 0 unspecified atom stereocenters. The van der Waals surface area contributed by atoms with Gasteiger partial charge in [0.05, 0.1) is 5.69 Å². The van der Waals surface area contributed by atoms with Crippen molar-refractivity contribution in [2.75, 3.05) is 11.9 Å². The van der Waals surface area contributed by atoms with E-state index in [1.54, 1.807) is 6.07 Å². The molecule has 4 nitrogen and oxygen atoms in total. The van der Waals surface area contributed by atoms with Crippen LogP contribution in [0.25, 0.3) is 0 Å². The minimum Gasteiger partial charge on any atom is -0.409 e. The van der Waals surface area contributed by atoms with Crippen molar-refractivity contribution >= 4 is 27.5 Å². The third-order valence-electron chi connectivity index (χ3n) is 3.02. The highest BCUT2D eigenvalue weighted by Gasteiger charge is 2.22. The summed E-state index contributed by atoms with van der Waals surface area (Å²) in [5, 5.41) is 14.9. The highest BCUT2D eigenvalue weighted by atomic mass is 79.9. The average Bonchev–Trinajstić information content (AvgIpc) is 2.37. The number of anilines is 1. The Kier molecular flexibility index (Phi) is 5.60. The Morgan fingerprint density at radius 3 is 2.84 bits per heavy atom. The van der Waals surface area contributed by atoms with E-state index in [2.05, 4.69) is 26.4 Å². The second-order valence-electron chi connectivity index (χ2n) is 5.02. The van der Waals surface area contributed by atoms with Gasteiger partial charge in [-0.1, -0.05) is 19.0 Å². The van der Waals surface area contributed by atoms with E-state index in [-0.39, 0.29) is 17.1 Å². The molecule has 0 aliphatic heterocycles. The van der Waals surface area contributed by atoms with Crippen LogP contribution in [-0.2, 0) is 0 Å². The Morgan fingerprint density at radius 2 is 2.21 bits per heavy atom. The van der Waals surface area contributed by atoms with Gasteiger partial charge in [-0.3, -0.25) is 0 Å². The lowest BCUT2D eigenvalue weighted by Crippen LogP contribution is -2.32. The first-order valence-electron chi connectivity index (χ1n) is 6.04. The molecule has 106 valence electrons. The van der Waals surface area contributed by atoms with Gasteiger partial charge in [0.15, 0.2) is 0 Å². The van der Waals surface area contributed by atoms with Crippen molar-refractivity contribution in [1.29, 1.82) is 0 Å². The summed E-state index contributed by atoms with van der Waals surface area (Å²) in [4.78, 5) is 0. The van der Waals surface area contributed by atoms with Crippen LogP contribution >= 0.6 is 15.9 Å². The molecular formula is C13H19BrFN3O. The molecule has 1 aromatic rings. The van der Waals surface area contributed by atoms with E-state index in [0.29, 0.717) is 6.54 Å². The molecular weight excluding hydrogens is 313 g/mol. The molecule has 0 radical (unpaired) electrons. The predicted octanol–water partition coefficient (Wildman–Crippen LogP) is 3.55. The Bertz CT molecular complexity index is 463. The third kappa shape index (κ3) is 4.70. The maximum Gasteiger partial charge on any atom is 0.144 e. The van der Waals surface area contributed by atoms with Crippen molar-refractivity contribution in [3.05, 3.63) is 28.5 Å². The quantitative estimate of drug-likeness (QED) is 0.245. The van der Waals surface area contributed by atoms with Crippen LogP contribution in [0.4, 0.5) is 10.1 Å². The zero-order valence-electron chi connectivity index (χ0n) is 11.1. The van der Waals surface area contributed by atoms with E-state index in [9.17, 15) is 4.39 Å². The van der Waals surface area contributed by atoms with E-state index in [1.807, 2.05) is 13.8 Å². The molecule has 0 atom stereocenters. The van der Waals surface area contributed by atoms with Crippen LogP contribution in [0.1, 0.15) is 26.7 Å². The number of hydrogen-bond acceptors (Lipinski definition) is 3. The highest BCUT2D eigenvalue weighted by molar-refractivity contribution is 9.10. The minimum atomic E-state index is -0.352. The van der Waals surface area contributed by atoms with E-state index in [0.717, 1.165) is 23.0 Å². The molecule has 0 fully saturated rings. The monoisotopic (exact) mass is 331 g/mol. The second-order valence-corrected chi connectivity index (χ2v) is 5.88. The molecule has 0 aliphatic carbocycles. The van der Waals surface area contributed by atoms with E-state index >= 15 is 0 Å². The fraction of sp³-hybridized carbons (Fsp3) is 0.462. The molecule has 4 N–H and O–H groups in total. The second kappa shape index (κ2) is 6.75. The van der Waals surface area contributed by atoms with Gasteiger partial charge in [-0.25, -0.2) is 4.39 Å². The summed E-state index contributed by atoms with van der Waals surface area (Å²) in [5.74, 6) is -0.0536. The normalized spacial score (nSPS) is 12.5. The summed E-state index contributed by atoms with van der Waals surface area (Å²) in [7, 11) is 0. The molecule has 0 bridgehead atoms. The third-order valence-corrected chi connectivity index (χ3v) is 3.72. The SMILES string of the molecule is CC(C)(CCCNc1cc(F)ccc1Br)/C(N)=N/O. The van der Waals surface area contributed by atoms with Crippen molar-refractivity contribution < 1.29 is 9.60 Å². The topological polar surface area (TPSA) is 70.6 Å². The number of nitrogens with one attached hydrogen (secondary N) is 1. The number of rotatable bonds is 6. The smallest absolute Gasteiger partial charge is 0.144 e. The molecule has 0 heterocycles. The van der Waals surface area contributed by atoms with Crippen LogP contribution in [0.3, 0.4) is 0 Å². The average molecular weight is 332 g/mol. The molecule has 0 aromatic heterocycles. The maximum absolute atomic E-state index is 13.1. The Labute approximate surface area is 121 Å². The Morgan fingerprint density at radius 1 is 1.53 bits per heavy atom. The van der Waals surface area contributed by atoms with Crippen LogP contribution in [0.15, 0.2) is 27.8 Å². The minimum absolute atomic E-state index is 0.222. The molecule has 0 saturated heterocycles. The van der Waals surface area contributed by atoms with Gasteiger partial charge >= 0.3 is 0 Å². The molecule has 0 aliphatic rings. The van der Waals surface area contributed by atoms with Gasteiger partial charge in [-0.15, -0.1) is 0 Å². The van der Waals surface area contributed by atoms with Crippen molar-refractivity contribution in [1.82, 2.24) is 0 Å². The summed E-state index contributed by atoms with van der Waals surface area (Å²) in [6.07, 6.45) is 1.59. The van der Waals surface area contributed by atoms with Gasteiger partial charge in [0.2, 0.25) is 0 Å². The first kappa shape index (κ1) is 15.8. The van der Waals surface area contributed by atoms with Crippen LogP contribution in [-0.4, -0.2) is 17.6 Å². The fourth-order valence-electron chi connectivity index (χ4n) is 1.65. The first-order chi connectivity index (χ1) is 8.86. The van der Waals surface area contributed by atoms with Crippen LogP contribution in [0, 0.1) is 11.2 Å². The summed E-state index contributed by atoms with van der Waals surface area (Å²) in [6, 6.07) is 4.51. The molecule has 6 heteroatoms. The first-order valence-corrected chi connectivity index (χ1v) is 6.83. The lowest BCUT2D eigenvalue weighted by atomic mass is 9.86. The molecule has 0 saturated carbocycles. The number of halogens is 2. The lowest BCUT2D eigenvalue weighted by molar-refractivity contribution is 0.305. The lowest BCUT2D eigenvalue weighted by Gasteiger charge is -2.22. The van der Waals surface area contributed by atoms with Gasteiger partial charge in [0.1, 0.15) is 11.7 Å². The maximum atomic E-state index is 13.1. The largest absolute Gasteiger partial charge is 0.409 e. The summed E-state index contributed by atoms with van der Waals surface area (Å²) >= 11 is 3.36. The van der Waals surface area contributed by atoms with Gasteiger partial charge in [-0.2, -0.15) is 0 Å². The number of oxime groups is 1. The Hall–Kier alpha value is -1.30. The van der Waals surface area contributed by atoms with Crippen molar-refractivity contribution in [2.24, 2.45) is 16.3 Å². The van der Waals surface area contributed by atoms with Gasteiger partial charge in [0, 0.05) is 16.4 Å². The Balaban J connectivity index is 2.45. The zero-order valence-corrected chi connectivity index (χ0v) is 12.7. The number of amidine groups is 1. The molecule has 1 aromatic carbocycles. The predicted molar refractivity (Wildman–Crippen MR) is 79.0 cm³/mol. The number of nitrogens with zero attached hydrogens (tertiary/aromatic N) is 1. The van der Waals surface area contributed by atoms with Crippen LogP contribution in [0.5, 0.6) is 0 Å². The molecule has 0 spiro atoms. The number of hydrogen-bond donors (Lipinski definition) is 3. The van der Waals surface area contributed by atoms with Gasteiger partial charge in [-0.05, 0) is 47.0 Å². The zero-order chi connectivity index (χ0) is 14.5. The van der Waals surface area contributed by atoms with Crippen LogP contribution in [0.2, 0.25) is 0 Å². The highest BCUT2D eigenvalue weighted by Crippen LogP contribution is 2.25. The van der Waals surface area contributed by atoms with Gasteiger partial charge < -0.3 is 16.3 Å². The van der Waals surface area contributed by atoms with Crippen LogP contribution < -0.4 is 11.1 Å². The van der Waals surface area contributed by atoms with Crippen molar-refractivity contribution in [3.8, 4) is 0 Å². The summed E-state index contributed by atoms with van der Waals surface area (Å²) in [6.45, 7) is 4.52. The standard InChI is InChI=1S/C13H19BrFN3O/c1-13(2,12(16)18-19)6-3-7-17-11-8-9(15)4-5-10(11)14/h4-5,8,17,19H,3,6-7H2,1-2H3,(H2,16,18). The summed E-state index contributed by atoms with van der Waals surface area (Å²) in [5.41, 5.74) is 5.98. The van der Waals surface area contributed by atoms with Gasteiger partial charge in [0.25, 0.3) is 0 Å². The molecule has 1 rings (SSSR count). The number of benzene rings is 1. The molecule has 0 amide bonds. The van der Waals surface area contributed by atoms with E-state index in [1.165, 1.54) is 12.1 Å². The summed E-state index contributed by atoms with van der Waals surface area (Å²) < 4.78 is 13.9.